The zero-order chi connectivity index (χ0) is 14.8. The van der Waals surface area contributed by atoms with Gasteiger partial charge in [0, 0.05) is 15.8 Å². The predicted octanol–water partition coefficient (Wildman–Crippen LogP) is 3.57. The lowest BCUT2D eigenvalue weighted by atomic mass is 10.1. The van der Waals surface area contributed by atoms with Gasteiger partial charge in [-0.25, -0.2) is 13.4 Å². The maximum atomic E-state index is 11.5. The van der Waals surface area contributed by atoms with Crippen molar-refractivity contribution in [1.82, 2.24) is 4.98 Å². The zero-order valence-corrected chi connectivity index (χ0v) is 14.4. The van der Waals surface area contributed by atoms with Crippen molar-refractivity contribution in [1.29, 1.82) is 0 Å². The van der Waals surface area contributed by atoms with Crippen molar-refractivity contribution in [3.8, 4) is 0 Å². The summed E-state index contributed by atoms with van der Waals surface area (Å²) in [6, 6.07) is 8.07. The van der Waals surface area contributed by atoms with Crippen LogP contribution in [0.1, 0.15) is 23.1 Å². The molecule has 0 fully saturated rings. The van der Waals surface area contributed by atoms with Crippen molar-refractivity contribution in [3.05, 3.63) is 44.9 Å². The first-order chi connectivity index (χ1) is 9.39. The van der Waals surface area contributed by atoms with Gasteiger partial charge >= 0.3 is 0 Å². The lowest BCUT2D eigenvalue weighted by molar-refractivity contribution is 0.602. The van der Waals surface area contributed by atoms with E-state index in [4.69, 9.17) is 0 Å². The number of aromatic nitrogens is 1. The Morgan fingerprint density at radius 3 is 2.55 bits per heavy atom. The highest BCUT2D eigenvalue weighted by Crippen LogP contribution is 2.26. The van der Waals surface area contributed by atoms with Gasteiger partial charge in [-0.3, -0.25) is 4.72 Å². The van der Waals surface area contributed by atoms with E-state index < -0.39 is 10.0 Å². The van der Waals surface area contributed by atoms with Crippen LogP contribution in [0.5, 0.6) is 0 Å². The molecule has 0 aliphatic carbocycles. The molecule has 0 radical (unpaired) electrons. The fraction of sp³-hybridized carbons (Fsp3) is 0.308. The molecule has 0 saturated carbocycles. The van der Waals surface area contributed by atoms with Gasteiger partial charge < -0.3 is 0 Å². The maximum absolute atomic E-state index is 11.5. The van der Waals surface area contributed by atoms with Gasteiger partial charge in [-0.1, -0.05) is 28.1 Å². The molecule has 1 aromatic heterocycles. The van der Waals surface area contributed by atoms with Crippen molar-refractivity contribution in [3.63, 3.8) is 0 Å². The van der Waals surface area contributed by atoms with Crippen LogP contribution in [0.3, 0.4) is 0 Å². The van der Waals surface area contributed by atoms with Crippen LogP contribution < -0.4 is 4.72 Å². The van der Waals surface area contributed by atoms with Gasteiger partial charge in [0.2, 0.25) is 10.0 Å². The fourth-order valence-corrected chi connectivity index (χ4v) is 3.74. The van der Waals surface area contributed by atoms with Crippen LogP contribution in [0, 0.1) is 6.92 Å². The van der Waals surface area contributed by atoms with E-state index in [1.807, 2.05) is 31.2 Å². The number of hydrogen-bond acceptors (Lipinski definition) is 4. The van der Waals surface area contributed by atoms with Crippen molar-refractivity contribution in [2.45, 2.75) is 20.3 Å². The molecule has 0 atom stereocenters. The van der Waals surface area contributed by atoms with Gasteiger partial charge in [-0.15, -0.1) is 11.3 Å². The highest BCUT2D eigenvalue weighted by Gasteiger charge is 2.13. The Kier molecular flexibility index (Phi) is 4.82. The summed E-state index contributed by atoms with van der Waals surface area (Å²) in [7, 11) is -3.26. The van der Waals surface area contributed by atoms with Crippen LogP contribution in [0.25, 0.3) is 0 Å². The molecular weight excluding hydrogens is 360 g/mol. The van der Waals surface area contributed by atoms with Crippen LogP contribution in [-0.2, 0) is 16.4 Å². The lowest BCUT2D eigenvalue weighted by Gasteiger charge is -2.00. The molecule has 1 N–H and O–H groups in total. The smallest absolute Gasteiger partial charge is 0.234 e. The number of hydrogen-bond donors (Lipinski definition) is 1. The molecule has 0 unspecified atom stereocenters. The molecule has 2 rings (SSSR count). The number of aryl methyl sites for hydroxylation is 1. The van der Waals surface area contributed by atoms with E-state index in [-0.39, 0.29) is 5.75 Å². The summed E-state index contributed by atoms with van der Waals surface area (Å²) in [6.07, 6.45) is 0.755. The Balaban J connectivity index is 2.17. The number of anilines is 1. The average Bonchev–Trinajstić information content (AvgIpc) is 2.72. The molecule has 1 aromatic carbocycles. The second-order valence-corrected chi connectivity index (χ2v) is 8.35. The summed E-state index contributed by atoms with van der Waals surface area (Å²) < 4.78 is 26.6. The maximum Gasteiger partial charge on any atom is 0.234 e. The molecule has 0 saturated heterocycles. The molecule has 20 heavy (non-hydrogen) atoms. The number of sulfonamides is 1. The highest BCUT2D eigenvalue weighted by atomic mass is 79.9. The first kappa shape index (κ1) is 15.5. The summed E-state index contributed by atoms with van der Waals surface area (Å²) in [4.78, 5) is 5.35. The minimum atomic E-state index is -3.26. The van der Waals surface area contributed by atoms with E-state index in [0.29, 0.717) is 5.13 Å². The van der Waals surface area contributed by atoms with Gasteiger partial charge in [-0.05, 0) is 31.5 Å². The molecule has 7 heteroatoms. The second-order valence-electron chi connectivity index (χ2n) is 4.34. The van der Waals surface area contributed by atoms with E-state index in [9.17, 15) is 8.42 Å². The van der Waals surface area contributed by atoms with Crippen molar-refractivity contribution in [2.24, 2.45) is 0 Å². The Bertz CT molecular complexity index is 694. The number of halogens is 1. The Labute approximate surface area is 131 Å². The number of rotatable bonds is 5. The third-order valence-electron chi connectivity index (χ3n) is 2.79. The van der Waals surface area contributed by atoms with E-state index in [1.165, 1.54) is 16.9 Å². The third kappa shape index (κ3) is 4.04. The molecule has 1 heterocycles. The summed E-state index contributed by atoms with van der Waals surface area (Å²) in [5.41, 5.74) is 2.04. The Morgan fingerprint density at radius 2 is 1.95 bits per heavy atom. The largest absolute Gasteiger partial charge is 0.259 e. The van der Waals surface area contributed by atoms with E-state index in [1.54, 1.807) is 6.92 Å². The molecular formula is C13H15BrN2O2S2. The SMILES string of the molecule is CCS(=O)(=O)Nc1nc(C)c(Cc2ccc(Br)cc2)s1. The topological polar surface area (TPSA) is 59.1 Å². The van der Waals surface area contributed by atoms with Crippen LogP contribution in [0.2, 0.25) is 0 Å². The summed E-state index contributed by atoms with van der Waals surface area (Å²) in [5.74, 6) is 0.0493. The van der Waals surface area contributed by atoms with Gasteiger partial charge in [0.1, 0.15) is 0 Å². The van der Waals surface area contributed by atoms with Crippen LogP contribution in [0.15, 0.2) is 28.7 Å². The van der Waals surface area contributed by atoms with Crippen LogP contribution in [-0.4, -0.2) is 19.2 Å². The van der Waals surface area contributed by atoms with E-state index in [0.717, 1.165) is 21.5 Å². The summed E-state index contributed by atoms with van der Waals surface area (Å²) in [5, 5.41) is 0.441. The predicted molar refractivity (Wildman–Crippen MR) is 86.9 cm³/mol. The monoisotopic (exact) mass is 374 g/mol. The van der Waals surface area contributed by atoms with Gasteiger partial charge in [0.15, 0.2) is 5.13 Å². The van der Waals surface area contributed by atoms with Crippen molar-refractivity contribution < 1.29 is 8.42 Å². The molecule has 2 aromatic rings. The molecule has 0 spiro atoms. The lowest BCUT2D eigenvalue weighted by Crippen LogP contribution is -2.14. The molecule has 0 aliphatic heterocycles. The number of nitrogens with one attached hydrogen (secondary N) is 1. The number of benzene rings is 1. The first-order valence-electron chi connectivity index (χ1n) is 6.11. The molecule has 0 aliphatic rings. The fourth-order valence-electron chi connectivity index (χ4n) is 1.63. The molecule has 0 amide bonds. The van der Waals surface area contributed by atoms with Crippen LogP contribution >= 0.6 is 27.3 Å². The third-order valence-corrected chi connectivity index (χ3v) is 5.79. The van der Waals surface area contributed by atoms with Crippen LogP contribution in [0.4, 0.5) is 5.13 Å². The number of nitrogens with zero attached hydrogens (tertiary/aromatic N) is 1. The Hall–Kier alpha value is -0.920. The van der Waals surface area contributed by atoms with E-state index in [2.05, 4.69) is 25.6 Å². The molecule has 4 nitrogen and oxygen atoms in total. The van der Waals surface area contributed by atoms with E-state index >= 15 is 0 Å². The van der Waals surface area contributed by atoms with Crippen molar-refractivity contribution >= 4 is 42.4 Å². The van der Waals surface area contributed by atoms with Crippen molar-refractivity contribution in [2.75, 3.05) is 10.5 Å². The first-order valence-corrected chi connectivity index (χ1v) is 9.37. The average molecular weight is 375 g/mol. The van der Waals surface area contributed by atoms with Gasteiger partial charge in [-0.2, -0.15) is 0 Å². The van der Waals surface area contributed by atoms with Gasteiger partial charge in [0.05, 0.1) is 11.4 Å². The zero-order valence-electron chi connectivity index (χ0n) is 11.2. The standard InChI is InChI=1S/C13H15BrN2O2S2/c1-3-20(17,18)16-13-15-9(2)12(19-13)8-10-4-6-11(14)7-5-10/h4-7H,3,8H2,1-2H3,(H,15,16). The summed E-state index contributed by atoms with van der Waals surface area (Å²) in [6.45, 7) is 3.50. The Morgan fingerprint density at radius 1 is 1.30 bits per heavy atom. The highest BCUT2D eigenvalue weighted by molar-refractivity contribution is 9.10. The molecule has 0 bridgehead atoms. The number of thiazole rings is 1. The minimum Gasteiger partial charge on any atom is -0.259 e. The second kappa shape index (κ2) is 6.24. The quantitative estimate of drug-likeness (QED) is 0.869. The minimum absolute atomic E-state index is 0.0493. The molecule has 108 valence electrons. The normalized spacial score (nSPS) is 11.6. The van der Waals surface area contributed by atoms with Gasteiger partial charge in [0.25, 0.3) is 0 Å². The summed E-state index contributed by atoms with van der Waals surface area (Å²) >= 11 is 4.79.